The lowest BCUT2D eigenvalue weighted by Gasteiger charge is -2.18. The molecule has 1 aromatic carbocycles. The van der Waals surface area contributed by atoms with Crippen LogP contribution in [-0.2, 0) is 13.0 Å². The molecule has 3 heteroatoms. The second-order valence-electron chi connectivity index (χ2n) is 4.03. The Hall–Kier alpha value is 0.01000. The molecule has 0 saturated heterocycles. The summed E-state index contributed by atoms with van der Waals surface area (Å²) < 4.78 is 0. The number of aryl methyl sites for hydroxylation is 1. The number of rotatable bonds is 3. The maximum absolute atomic E-state index is 3.47. The second kappa shape index (κ2) is 5.37. The molecule has 1 nitrogen and oxygen atoms in total. The second-order valence-corrected chi connectivity index (χ2v) is 5.67. The zero-order chi connectivity index (χ0) is 10.7. The minimum atomic E-state index is 0.929. The highest BCUT2D eigenvalue weighted by atomic mass is 79.9. The van der Waals surface area contributed by atoms with E-state index in [1.54, 1.807) is 5.56 Å². The molecule has 0 fully saturated rings. The highest BCUT2D eigenvalue weighted by Gasteiger charge is 2.10. The number of benzene rings is 1. The molecule has 0 aliphatic carbocycles. The van der Waals surface area contributed by atoms with Gasteiger partial charge in [0.2, 0.25) is 0 Å². The Morgan fingerprint density at radius 2 is 2.33 bits per heavy atom. The van der Waals surface area contributed by atoms with Crippen LogP contribution in [-0.4, -0.2) is 23.2 Å². The Balaban J connectivity index is 2.13. The monoisotopic (exact) mass is 285 g/mol. The van der Waals surface area contributed by atoms with Crippen molar-refractivity contribution in [3.8, 4) is 0 Å². The van der Waals surface area contributed by atoms with Gasteiger partial charge in [-0.1, -0.05) is 28.1 Å². The van der Waals surface area contributed by atoms with Crippen LogP contribution in [0.3, 0.4) is 0 Å². The lowest BCUT2D eigenvalue weighted by molar-refractivity contribution is 0.390. The minimum Gasteiger partial charge on any atom is -0.292 e. The summed E-state index contributed by atoms with van der Waals surface area (Å²) in [5.74, 6) is 1.29. The summed E-state index contributed by atoms with van der Waals surface area (Å²) in [5, 5.41) is 0. The first kappa shape index (κ1) is 11.5. The zero-order valence-corrected chi connectivity index (χ0v) is 11.4. The van der Waals surface area contributed by atoms with Gasteiger partial charge in [-0.15, -0.1) is 11.8 Å². The van der Waals surface area contributed by atoms with E-state index in [0.717, 1.165) is 12.0 Å². The molecule has 0 amide bonds. The van der Waals surface area contributed by atoms with Crippen LogP contribution in [0.25, 0.3) is 0 Å². The van der Waals surface area contributed by atoms with Crippen molar-refractivity contribution in [2.45, 2.75) is 24.3 Å². The first-order valence-corrected chi connectivity index (χ1v) is 7.39. The van der Waals surface area contributed by atoms with Gasteiger partial charge in [-0.25, -0.2) is 0 Å². The molecule has 0 unspecified atom stereocenters. The fourth-order valence-electron chi connectivity index (χ4n) is 1.87. The summed E-state index contributed by atoms with van der Waals surface area (Å²) in [5.41, 5.74) is 3.91. The van der Waals surface area contributed by atoms with Gasteiger partial charge >= 0.3 is 0 Å². The van der Waals surface area contributed by atoms with Crippen molar-refractivity contribution in [2.75, 3.05) is 18.3 Å². The molecule has 1 aliphatic heterocycles. The van der Waals surface area contributed by atoms with Crippen molar-refractivity contribution in [3.63, 3.8) is 0 Å². The summed E-state index contributed by atoms with van der Waals surface area (Å²) in [6, 6.07) is 6.92. The first-order chi connectivity index (χ1) is 7.29. The molecule has 0 atom stereocenters. The van der Waals surface area contributed by atoms with E-state index in [2.05, 4.69) is 46.1 Å². The molecular weight excluding hydrogens is 270 g/mol. The molecule has 1 aliphatic rings. The van der Waals surface area contributed by atoms with Gasteiger partial charge in [0, 0.05) is 11.4 Å². The lowest BCUT2D eigenvalue weighted by atomic mass is 10.1. The van der Waals surface area contributed by atoms with Gasteiger partial charge in [0.25, 0.3) is 0 Å². The Morgan fingerprint density at radius 1 is 1.47 bits per heavy atom. The van der Waals surface area contributed by atoms with Gasteiger partial charge in [-0.2, -0.15) is 0 Å². The van der Waals surface area contributed by atoms with Gasteiger partial charge in [-0.3, -0.25) is 4.90 Å². The van der Waals surface area contributed by atoms with Gasteiger partial charge in [0.1, 0.15) is 0 Å². The molecule has 0 spiro atoms. The lowest BCUT2D eigenvalue weighted by Crippen LogP contribution is -2.15. The Morgan fingerprint density at radius 3 is 3.13 bits per heavy atom. The topological polar surface area (TPSA) is 3.24 Å². The molecule has 0 radical (unpaired) electrons. The van der Waals surface area contributed by atoms with Crippen LogP contribution in [0, 0.1) is 0 Å². The summed E-state index contributed by atoms with van der Waals surface area (Å²) in [4.78, 5) is 3.75. The van der Waals surface area contributed by atoms with Crippen LogP contribution in [0.2, 0.25) is 0 Å². The third kappa shape index (κ3) is 2.99. The number of alkyl halides is 1. The van der Waals surface area contributed by atoms with Crippen molar-refractivity contribution in [2.24, 2.45) is 0 Å². The van der Waals surface area contributed by atoms with Gasteiger partial charge < -0.3 is 0 Å². The third-order valence-electron chi connectivity index (χ3n) is 2.63. The summed E-state index contributed by atoms with van der Waals surface area (Å²) in [6.07, 6.45) is 2.59. The number of nitrogens with zero attached hydrogens (tertiary/aromatic N) is 1. The predicted octanol–water partition coefficient (Wildman–Crippen LogP) is 3.51. The summed E-state index contributed by atoms with van der Waals surface area (Å²) >= 11 is 5.47. The van der Waals surface area contributed by atoms with E-state index in [1.165, 1.54) is 29.1 Å². The van der Waals surface area contributed by atoms with Gasteiger partial charge in [0.15, 0.2) is 0 Å². The molecular formula is C12H16BrNS. The maximum Gasteiger partial charge on any atom is 0.0542 e. The normalized spacial score (nSPS) is 15.4. The summed E-state index contributed by atoms with van der Waals surface area (Å²) in [7, 11) is 2.13. The molecule has 0 bridgehead atoms. The number of thioether (sulfide) groups is 1. The van der Waals surface area contributed by atoms with Crippen molar-refractivity contribution < 1.29 is 0 Å². The molecule has 0 N–H and O–H groups in total. The average Bonchev–Trinajstić information content (AvgIpc) is 2.29. The van der Waals surface area contributed by atoms with E-state index in [1.807, 2.05) is 11.8 Å². The minimum absolute atomic E-state index is 0.929. The Kier molecular flexibility index (Phi) is 4.12. The third-order valence-corrected chi connectivity index (χ3v) is 4.69. The molecule has 0 saturated carbocycles. The molecule has 82 valence electrons. The van der Waals surface area contributed by atoms with E-state index >= 15 is 0 Å². The number of hydrogen-bond donors (Lipinski definition) is 0. The SMILES string of the molecule is CN(CBr)Cc1ccc2c(c1)CCCS2. The maximum atomic E-state index is 3.47. The van der Waals surface area contributed by atoms with Crippen LogP contribution >= 0.6 is 27.7 Å². The average molecular weight is 286 g/mol. The van der Waals surface area contributed by atoms with Crippen LogP contribution in [0.1, 0.15) is 17.5 Å². The number of fused-ring (bicyclic) bond motifs is 1. The largest absolute Gasteiger partial charge is 0.292 e. The first-order valence-electron chi connectivity index (χ1n) is 5.28. The van der Waals surface area contributed by atoms with Gasteiger partial charge in [-0.05, 0) is 42.8 Å². The molecule has 15 heavy (non-hydrogen) atoms. The Labute approximate surface area is 104 Å². The summed E-state index contributed by atoms with van der Waals surface area (Å²) in [6.45, 7) is 1.03. The van der Waals surface area contributed by atoms with Crippen molar-refractivity contribution in [1.82, 2.24) is 4.90 Å². The van der Waals surface area contributed by atoms with Crippen molar-refractivity contribution in [3.05, 3.63) is 29.3 Å². The van der Waals surface area contributed by atoms with Crippen LogP contribution in [0.4, 0.5) is 0 Å². The molecule has 2 rings (SSSR count). The van der Waals surface area contributed by atoms with Gasteiger partial charge in [0.05, 0.1) is 5.45 Å². The van der Waals surface area contributed by atoms with E-state index in [9.17, 15) is 0 Å². The smallest absolute Gasteiger partial charge is 0.0542 e. The van der Waals surface area contributed by atoms with Crippen LogP contribution in [0.5, 0.6) is 0 Å². The van der Waals surface area contributed by atoms with Crippen molar-refractivity contribution >= 4 is 27.7 Å². The number of hydrogen-bond acceptors (Lipinski definition) is 2. The van der Waals surface area contributed by atoms with E-state index < -0.39 is 0 Å². The highest BCUT2D eigenvalue weighted by molar-refractivity contribution is 9.09. The molecule has 0 aromatic heterocycles. The Bertz CT molecular complexity index is 340. The zero-order valence-electron chi connectivity index (χ0n) is 9.00. The fraction of sp³-hybridized carbons (Fsp3) is 0.500. The highest BCUT2D eigenvalue weighted by Crippen LogP contribution is 2.30. The van der Waals surface area contributed by atoms with E-state index in [-0.39, 0.29) is 0 Å². The molecule has 1 heterocycles. The van der Waals surface area contributed by atoms with E-state index in [0.29, 0.717) is 0 Å². The standard InChI is InChI=1S/C12H16BrNS/c1-14(9-13)8-10-4-5-12-11(7-10)3-2-6-15-12/h4-5,7H,2-3,6,8-9H2,1H3. The van der Waals surface area contributed by atoms with E-state index in [4.69, 9.17) is 0 Å². The van der Waals surface area contributed by atoms with Crippen molar-refractivity contribution in [1.29, 1.82) is 0 Å². The fourth-order valence-corrected chi connectivity index (χ4v) is 3.06. The quantitative estimate of drug-likeness (QED) is 0.618. The molecule has 1 aromatic rings. The van der Waals surface area contributed by atoms with Crippen LogP contribution < -0.4 is 0 Å². The van der Waals surface area contributed by atoms with Crippen LogP contribution in [0.15, 0.2) is 23.1 Å². The predicted molar refractivity (Wildman–Crippen MR) is 70.7 cm³/mol. The number of halogens is 1.